The number of fused-ring (bicyclic) bond motifs is 6. The van der Waals surface area contributed by atoms with E-state index in [1.165, 1.54) is 105 Å². The molecule has 0 N–H and O–H groups in total. The van der Waals surface area contributed by atoms with E-state index in [9.17, 15) is 0 Å². The molecule has 4 aromatic rings. The summed E-state index contributed by atoms with van der Waals surface area (Å²) in [6.45, 7) is 11.0. The molecular formula is C47H55BO2. The van der Waals surface area contributed by atoms with Gasteiger partial charge in [0.25, 0.3) is 0 Å². The molecule has 6 aliphatic carbocycles. The molecule has 0 radical (unpaired) electrons. The Morgan fingerprint density at radius 3 is 0.940 bits per heavy atom. The lowest BCUT2D eigenvalue weighted by molar-refractivity contribution is 0.00578. The van der Waals surface area contributed by atoms with Crippen LogP contribution in [0.15, 0.2) is 97.1 Å². The highest BCUT2D eigenvalue weighted by molar-refractivity contribution is 6.62. The van der Waals surface area contributed by atoms with E-state index in [0.717, 1.165) is 5.46 Å². The molecular weight excluding hydrogens is 607 g/mol. The molecule has 1 saturated heterocycles. The third kappa shape index (κ3) is 5.28. The van der Waals surface area contributed by atoms with Crippen molar-refractivity contribution < 1.29 is 9.31 Å². The van der Waals surface area contributed by atoms with Gasteiger partial charge < -0.3 is 9.31 Å². The van der Waals surface area contributed by atoms with Gasteiger partial charge in [-0.25, -0.2) is 0 Å². The van der Waals surface area contributed by atoms with Crippen LogP contribution in [-0.2, 0) is 25.6 Å². The molecule has 6 saturated carbocycles. The van der Waals surface area contributed by atoms with E-state index < -0.39 is 0 Å². The maximum Gasteiger partial charge on any atom is 0.494 e. The van der Waals surface area contributed by atoms with Crippen LogP contribution < -0.4 is 5.46 Å². The Morgan fingerprint density at radius 2 is 0.620 bits per heavy atom. The first-order valence-electron chi connectivity index (χ1n) is 19.7. The van der Waals surface area contributed by atoms with Crippen molar-refractivity contribution in [1.29, 1.82) is 0 Å². The van der Waals surface area contributed by atoms with E-state index >= 15 is 0 Å². The molecule has 4 aromatic carbocycles. The van der Waals surface area contributed by atoms with Gasteiger partial charge in [-0.3, -0.25) is 0 Å². The van der Waals surface area contributed by atoms with Gasteiger partial charge in [-0.2, -0.15) is 0 Å². The summed E-state index contributed by atoms with van der Waals surface area (Å²) in [4.78, 5) is 0. The monoisotopic (exact) mass is 662 g/mol. The summed E-state index contributed by atoms with van der Waals surface area (Å²) in [7, 11) is -0.292. The maximum absolute atomic E-state index is 6.33. The summed E-state index contributed by atoms with van der Waals surface area (Å²) in [5.41, 5.74) is 12.1. The molecule has 11 rings (SSSR count). The first-order valence-corrected chi connectivity index (χ1v) is 19.7. The average Bonchev–Trinajstić information content (AvgIpc) is 3.39. The molecule has 0 unspecified atom stereocenters. The van der Waals surface area contributed by atoms with Crippen LogP contribution in [0.1, 0.15) is 128 Å². The zero-order chi connectivity index (χ0) is 34.4. The predicted molar refractivity (Wildman–Crippen MR) is 208 cm³/mol. The van der Waals surface area contributed by atoms with E-state index in [4.69, 9.17) is 9.31 Å². The molecule has 7 fully saturated rings. The molecule has 50 heavy (non-hydrogen) atoms. The molecule has 258 valence electrons. The van der Waals surface area contributed by atoms with E-state index in [2.05, 4.69) is 132 Å². The lowest BCUT2D eigenvalue weighted by atomic mass is 9.50. The highest BCUT2D eigenvalue weighted by atomic mass is 16.7. The summed E-state index contributed by atoms with van der Waals surface area (Å²) in [5, 5.41) is 0. The van der Waals surface area contributed by atoms with Crippen LogP contribution in [0.5, 0.6) is 0 Å². The molecule has 4 bridgehead atoms. The van der Waals surface area contributed by atoms with Crippen LogP contribution >= 0.6 is 0 Å². The predicted octanol–water partition coefficient (Wildman–Crippen LogP) is 11.5. The fourth-order valence-electron chi connectivity index (χ4n) is 10.7. The van der Waals surface area contributed by atoms with Crippen LogP contribution in [0, 0.1) is 5.41 Å². The first-order chi connectivity index (χ1) is 23.9. The summed E-state index contributed by atoms with van der Waals surface area (Å²) in [6.07, 6.45) is 16.0. The van der Waals surface area contributed by atoms with Gasteiger partial charge in [0.2, 0.25) is 0 Å². The number of hydrogen-bond donors (Lipinski definition) is 0. The lowest BCUT2D eigenvalue weighted by Gasteiger charge is -2.54. The largest absolute Gasteiger partial charge is 0.494 e. The molecule has 1 heterocycles. The van der Waals surface area contributed by atoms with Gasteiger partial charge in [-0.15, -0.1) is 0 Å². The molecule has 0 atom stereocenters. The highest BCUT2D eigenvalue weighted by Gasteiger charge is 2.53. The Kier molecular flexibility index (Phi) is 7.49. The second-order valence-corrected chi connectivity index (χ2v) is 18.6. The number of rotatable bonds is 6. The van der Waals surface area contributed by atoms with Crippen LogP contribution in [0.25, 0.3) is 22.3 Å². The quantitative estimate of drug-likeness (QED) is 0.191. The molecule has 3 heteroatoms. The minimum absolute atomic E-state index is 0.292. The zero-order valence-electron chi connectivity index (χ0n) is 31.1. The van der Waals surface area contributed by atoms with Gasteiger partial charge in [-0.1, -0.05) is 104 Å². The Labute approximate surface area is 301 Å². The molecule has 0 amide bonds. The van der Waals surface area contributed by atoms with Crippen LogP contribution in [0.2, 0.25) is 0 Å². The summed E-state index contributed by atoms with van der Waals surface area (Å²) in [6, 6.07) is 37.7. The Bertz CT molecular complexity index is 1800. The zero-order valence-corrected chi connectivity index (χ0v) is 31.1. The second kappa shape index (κ2) is 11.4. The van der Waals surface area contributed by atoms with Gasteiger partial charge >= 0.3 is 7.12 Å². The Morgan fingerprint density at radius 1 is 0.360 bits per heavy atom. The summed E-state index contributed by atoms with van der Waals surface area (Å²) < 4.78 is 12.7. The molecule has 7 aliphatic rings. The van der Waals surface area contributed by atoms with Crippen molar-refractivity contribution in [3.8, 4) is 22.3 Å². The molecule has 1 aliphatic heterocycles. The fourth-order valence-corrected chi connectivity index (χ4v) is 10.7. The van der Waals surface area contributed by atoms with Crippen molar-refractivity contribution in [2.24, 2.45) is 5.41 Å². The smallest absolute Gasteiger partial charge is 0.399 e. The van der Waals surface area contributed by atoms with Gasteiger partial charge in [-0.05, 0) is 171 Å². The van der Waals surface area contributed by atoms with Gasteiger partial charge in [0.15, 0.2) is 0 Å². The lowest BCUT2D eigenvalue weighted by Crippen LogP contribution is -2.46. The topological polar surface area (TPSA) is 18.5 Å². The summed E-state index contributed by atoms with van der Waals surface area (Å²) >= 11 is 0. The first kappa shape index (κ1) is 32.8. The van der Waals surface area contributed by atoms with E-state index in [0.29, 0.717) is 21.7 Å². The van der Waals surface area contributed by atoms with E-state index in [-0.39, 0.29) is 18.3 Å². The molecule has 2 nitrogen and oxygen atoms in total. The maximum atomic E-state index is 6.33. The van der Waals surface area contributed by atoms with Crippen LogP contribution in [0.3, 0.4) is 0 Å². The van der Waals surface area contributed by atoms with Gasteiger partial charge in [0.1, 0.15) is 0 Å². The Hall–Kier alpha value is -3.14. The standard InChI is InChI=1S/C47H55BO2/c1-42(2)43(3,4)50-48(49-42)41-20-18-40(19-21-41)47-31-28-46(29-32-47,30-33-47)39-16-12-37(13-17-39)35-8-6-34(7-9-35)36-10-14-38(15-11-36)45-25-22-44(5,23-26-45)24-27-45/h6-21H,22-33H2,1-5H3. The third-order valence-electron chi connectivity index (χ3n) is 15.5. The normalized spacial score (nSPS) is 32.4. The minimum atomic E-state index is -0.312. The van der Waals surface area contributed by atoms with Gasteiger partial charge in [0.05, 0.1) is 11.2 Å². The van der Waals surface area contributed by atoms with Crippen molar-refractivity contribution in [1.82, 2.24) is 0 Å². The fraction of sp³-hybridized carbons (Fsp3) is 0.489. The van der Waals surface area contributed by atoms with E-state index in [1.807, 2.05) is 0 Å². The second-order valence-electron chi connectivity index (χ2n) is 18.6. The Balaban J connectivity index is 0.844. The SMILES string of the molecule is CC12CCC(c3ccc(-c4ccc(-c5ccc(C67CCC(c8ccc(B9OC(C)(C)C(C)(C)O9)cc8)(CC6)CC7)cc5)cc4)cc3)(CC1)CC2. The number of hydrogen-bond acceptors (Lipinski definition) is 2. The molecule has 0 spiro atoms. The average molecular weight is 663 g/mol. The van der Waals surface area contributed by atoms with Crippen molar-refractivity contribution in [3.05, 3.63) is 114 Å². The third-order valence-corrected chi connectivity index (χ3v) is 15.5. The highest BCUT2D eigenvalue weighted by Crippen LogP contribution is 2.59. The summed E-state index contributed by atoms with van der Waals surface area (Å²) in [5.74, 6) is 0. The van der Waals surface area contributed by atoms with Crippen LogP contribution in [-0.4, -0.2) is 18.3 Å². The van der Waals surface area contributed by atoms with Crippen molar-refractivity contribution in [3.63, 3.8) is 0 Å². The van der Waals surface area contributed by atoms with Crippen molar-refractivity contribution >= 4 is 12.6 Å². The minimum Gasteiger partial charge on any atom is -0.399 e. The molecule has 0 aromatic heterocycles. The van der Waals surface area contributed by atoms with Gasteiger partial charge in [0, 0.05) is 0 Å². The van der Waals surface area contributed by atoms with E-state index in [1.54, 1.807) is 11.1 Å². The number of benzene rings is 4. The van der Waals surface area contributed by atoms with Crippen molar-refractivity contribution in [2.45, 2.75) is 139 Å². The van der Waals surface area contributed by atoms with Crippen molar-refractivity contribution in [2.75, 3.05) is 0 Å². The van der Waals surface area contributed by atoms with Crippen LogP contribution in [0.4, 0.5) is 0 Å².